The molecular formula is C51H83N5O14S. The van der Waals surface area contributed by atoms with Gasteiger partial charge in [0.15, 0.2) is 21.4 Å². The van der Waals surface area contributed by atoms with Crippen molar-refractivity contribution in [2.75, 3.05) is 86.0 Å². The van der Waals surface area contributed by atoms with E-state index in [0.717, 1.165) is 5.06 Å². The molecule has 5 amide bonds. The van der Waals surface area contributed by atoms with Crippen molar-refractivity contribution >= 4 is 56.6 Å². The van der Waals surface area contributed by atoms with Crippen molar-refractivity contribution in [1.82, 2.24) is 19.8 Å². The van der Waals surface area contributed by atoms with Gasteiger partial charge in [-0.2, -0.15) is 5.06 Å². The average Bonchev–Trinajstić information content (AvgIpc) is 3.89. The van der Waals surface area contributed by atoms with Crippen molar-refractivity contribution in [2.45, 2.75) is 136 Å². The second kappa shape index (κ2) is 28.9. The number of Topliss-reactive ketones (excluding diaryl/α,β-unsaturated/α-hetero) is 2. The third-order valence-electron chi connectivity index (χ3n) is 13.9. The van der Waals surface area contributed by atoms with Gasteiger partial charge in [0, 0.05) is 64.1 Å². The number of nitrogens with one attached hydrogen (secondary N) is 1. The minimum absolute atomic E-state index is 0.00816. The zero-order chi connectivity index (χ0) is 53.3. The Balaban J connectivity index is 1.57. The molecule has 1 aromatic rings. The van der Waals surface area contributed by atoms with Crippen molar-refractivity contribution in [3.8, 4) is 0 Å². The quantitative estimate of drug-likeness (QED) is 0.0777. The Bertz CT molecular complexity index is 2040. The highest BCUT2D eigenvalue weighted by molar-refractivity contribution is 7.92. The van der Waals surface area contributed by atoms with E-state index in [2.05, 4.69) is 5.32 Å². The third kappa shape index (κ3) is 17.2. The smallest absolute Gasteiger partial charge is 0.256 e. The molecule has 19 nitrogen and oxygen atoms in total. The van der Waals surface area contributed by atoms with E-state index in [0.29, 0.717) is 31.5 Å². The lowest BCUT2D eigenvalue weighted by atomic mass is 9.83. The molecule has 9 atom stereocenters. The Kier molecular flexibility index (Phi) is 24.9. The van der Waals surface area contributed by atoms with E-state index >= 15 is 0 Å². The van der Waals surface area contributed by atoms with Crippen molar-refractivity contribution in [3.05, 3.63) is 24.3 Å². The van der Waals surface area contributed by atoms with Crippen LogP contribution in [0.25, 0.3) is 0 Å². The van der Waals surface area contributed by atoms with Gasteiger partial charge in [-0.3, -0.25) is 43.3 Å². The largest absolute Gasteiger partial charge is 0.379 e. The lowest BCUT2D eigenvalue weighted by Crippen LogP contribution is -2.54. The minimum atomic E-state index is -4.11. The van der Waals surface area contributed by atoms with E-state index < -0.39 is 63.4 Å². The number of rotatable bonds is 32. The number of carbonyl (C=O) groups is 7. The van der Waals surface area contributed by atoms with Gasteiger partial charge in [-0.15, -0.1) is 0 Å². The van der Waals surface area contributed by atoms with E-state index in [4.69, 9.17) is 23.8 Å². The molecule has 1 N–H and O–H groups in total. The van der Waals surface area contributed by atoms with Gasteiger partial charge in [0.05, 0.1) is 81.1 Å². The first-order valence-electron chi connectivity index (χ1n) is 25.0. The number of sulfone groups is 1. The number of anilines is 1. The number of hydroxylamine groups is 2. The summed E-state index contributed by atoms with van der Waals surface area (Å²) in [6, 6.07) is 4.17. The fraction of sp³-hybridized carbons (Fsp3) is 0.745. The number of carbonyl (C=O) groups excluding carboxylic acids is 7. The van der Waals surface area contributed by atoms with Gasteiger partial charge in [0.2, 0.25) is 17.7 Å². The highest BCUT2D eigenvalue weighted by Gasteiger charge is 2.44. The van der Waals surface area contributed by atoms with Gasteiger partial charge in [-0.1, -0.05) is 61.8 Å². The molecule has 20 heteroatoms. The Hall–Kier alpha value is -4.18. The van der Waals surface area contributed by atoms with Crippen LogP contribution in [0.3, 0.4) is 0 Å². The van der Waals surface area contributed by atoms with Gasteiger partial charge in [-0.05, 0) is 69.0 Å². The second-order valence-corrected chi connectivity index (χ2v) is 22.0. The molecule has 2 saturated heterocycles. The minimum Gasteiger partial charge on any atom is -0.379 e. The Morgan fingerprint density at radius 2 is 1.45 bits per heavy atom. The molecule has 3 rings (SSSR count). The molecule has 0 spiro atoms. The van der Waals surface area contributed by atoms with Crippen molar-refractivity contribution in [1.29, 1.82) is 0 Å². The summed E-state index contributed by atoms with van der Waals surface area (Å²) < 4.78 is 49.8. The molecule has 0 aromatic heterocycles. The Labute approximate surface area is 422 Å². The van der Waals surface area contributed by atoms with Crippen LogP contribution in [0.5, 0.6) is 0 Å². The summed E-state index contributed by atoms with van der Waals surface area (Å²) in [6.07, 6.45) is 0.556. The number of imide groups is 1. The van der Waals surface area contributed by atoms with E-state index in [9.17, 15) is 42.0 Å². The molecule has 1 unspecified atom stereocenters. The number of ether oxygens (including phenoxy) is 4. The topological polar surface area (TPSA) is 225 Å². The van der Waals surface area contributed by atoms with E-state index in [1.54, 1.807) is 30.7 Å². The summed E-state index contributed by atoms with van der Waals surface area (Å²) in [7, 11) is 4.32. The lowest BCUT2D eigenvalue weighted by molar-refractivity contribution is -0.192. The van der Waals surface area contributed by atoms with Gasteiger partial charge in [0.1, 0.15) is 5.75 Å². The summed E-state index contributed by atoms with van der Waals surface area (Å²) in [5.74, 6) is -4.89. The maximum Gasteiger partial charge on any atom is 0.256 e. The predicted molar refractivity (Wildman–Crippen MR) is 266 cm³/mol. The predicted octanol–water partition coefficient (Wildman–Crippen LogP) is 4.46. The van der Waals surface area contributed by atoms with Crippen LogP contribution in [0.2, 0.25) is 0 Å². The molecule has 0 saturated carbocycles. The lowest BCUT2D eigenvalue weighted by Gasteiger charge is -2.41. The first kappa shape index (κ1) is 61.1. The fourth-order valence-corrected chi connectivity index (χ4v) is 11.1. The standard InChI is InChI=1S/C51H83N5O14S/c1-14-34(6)48(54(11)51(63)39(32(2)3)29-41(57)47(33(4)5)53(9)10)43(66-12)30-45(60)55-22-15-16-40(55)49(67-13)36(8)42(58)31-71(64,65)38-19-17-37(18-20-38)52-44(59)21-23-68-24-25-69-26-27-70-56-46(61)28-35(7)50(56)62/h17-20,32-36,39-40,43,47-49H,14-16,21-31H2,1-13H3,(H,52,59)/t34-,35?,36-,39-,40-,43+,47-,48-,49+/m0/s1. The number of hydrogen-bond donors (Lipinski definition) is 1. The van der Waals surface area contributed by atoms with E-state index in [-0.39, 0.29) is 123 Å². The number of amides is 5. The van der Waals surface area contributed by atoms with Crippen LogP contribution < -0.4 is 5.32 Å². The van der Waals surface area contributed by atoms with Crippen LogP contribution in [0.1, 0.15) is 100 Å². The number of nitrogens with zero attached hydrogens (tertiary/aromatic N) is 4. The molecule has 0 radical (unpaired) electrons. The first-order valence-corrected chi connectivity index (χ1v) is 26.7. The molecule has 2 fully saturated rings. The van der Waals surface area contributed by atoms with E-state index in [1.165, 1.54) is 38.5 Å². The van der Waals surface area contributed by atoms with Gasteiger partial charge in [-0.25, -0.2) is 8.42 Å². The zero-order valence-corrected chi connectivity index (χ0v) is 45.3. The molecule has 402 valence electrons. The molecule has 2 aliphatic rings. The van der Waals surface area contributed by atoms with E-state index in [1.807, 2.05) is 60.5 Å². The Morgan fingerprint density at radius 1 is 0.831 bits per heavy atom. The molecule has 0 bridgehead atoms. The summed E-state index contributed by atoms with van der Waals surface area (Å²) in [4.78, 5) is 103. The molecule has 0 aliphatic carbocycles. The number of benzene rings is 1. The fourth-order valence-electron chi connectivity index (χ4n) is 9.74. The average molecular weight is 1020 g/mol. The molecule has 2 aliphatic heterocycles. The first-order chi connectivity index (χ1) is 33.4. The van der Waals surface area contributed by atoms with Crippen LogP contribution in [-0.4, -0.2) is 180 Å². The zero-order valence-electron chi connectivity index (χ0n) is 44.5. The van der Waals surface area contributed by atoms with Gasteiger partial charge >= 0.3 is 0 Å². The molecule has 1 aromatic carbocycles. The van der Waals surface area contributed by atoms with Crippen molar-refractivity contribution in [2.24, 2.45) is 35.5 Å². The van der Waals surface area contributed by atoms with Crippen LogP contribution in [0.15, 0.2) is 29.2 Å². The van der Waals surface area contributed by atoms with Crippen LogP contribution in [-0.2, 0) is 67.2 Å². The highest BCUT2D eigenvalue weighted by Crippen LogP contribution is 2.32. The molecule has 71 heavy (non-hydrogen) atoms. The number of ketones is 2. The summed E-state index contributed by atoms with van der Waals surface area (Å²) >= 11 is 0. The van der Waals surface area contributed by atoms with Crippen molar-refractivity contribution in [3.63, 3.8) is 0 Å². The number of likely N-dealkylation sites (N-methyl/N-ethyl adjacent to an activating group) is 2. The molecular weight excluding hydrogens is 939 g/mol. The Morgan fingerprint density at radius 3 is 1.99 bits per heavy atom. The normalized spacial score (nSPS) is 19.5. The van der Waals surface area contributed by atoms with Crippen LogP contribution in [0, 0.1) is 35.5 Å². The SMILES string of the molecule is CC[C@H](C)[C@@H]([C@@H](CC(=O)N1CCC[C@H]1[C@H](OC)[C@@H](C)C(=O)CS(=O)(=O)c1ccc(NC(=O)CCOCCOCCON2C(=O)CC(C)C2=O)cc1)OC)N(C)C(=O)[C@@H](CC(=O)[C@H](C(C)C)N(C)C)C(C)C. The highest BCUT2D eigenvalue weighted by atomic mass is 32.2. The van der Waals surface area contributed by atoms with Gasteiger partial charge in [0.25, 0.3) is 11.8 Å². The number of methoxy groups -OCH3 is 2. The maximum atomic E-state index is 14.4. The number of hydrogen-bond acceptors (Lipinski definition) is 15. The third-order valence-corrected chi connectivity index (χ3v) is 15.5. The van der Waals surface area contributed by atoms with Gasteiger partial charge < -0.3 is 34.1 Å². The van der Waals surface area contributed by atoms with Crippen molar-refractivity contribution < 1.29 is 65.8 Å². The monoisotopic (exact) mass is 1020 g/mol. The summed E-state index contributed by atoms with van der Waals surface area (Å²) in [5, 5.41) is 3.46. The summed E-state index contributed by atoms with van der Waals surface area (Å²) in [5.41, 5.74) is 0.350. The number of likely N-dealkylation sites (tertiary alicyclic amines) is 1. The summed E-state index contributed by atoms with van der Waals surface area (Å²) in [6.45, 7) is 16.2. The maximum absolute atomic E-state index is 14.4. The second-order valence-electron chi connectivity index (χ2n) is 20.0. The van der Waals surface area contributed by atoms with Crippen LogP contribution >= 0.6 is 0 Å². The van der Waals surface area contributed by atoms with Crippen LogP contribution in [0.4, 0.5) is 5.69 Å². The molecule has 2 heterocycles.